The molecule has 2 rings (SSSR count). The Bertz CT molecular complexity index is 627. The molecule has 4 nitrogen and oxygen atoms in total. The van der Waals surface area contributed by atoms with Gasteiger partial charge in [0, 0.05) is 29.2 Å². The number of carbonyl (C=O) groups is 1. The molecule has 0 saturated carbocycles. The van der Waals surface area contributed by atoms with E-state index in [1.54, 1.807) is 0 Å². The number of ether oxygens (including phenoxy) is 1. The van der Waals surface area contributed by atoms with E-state index in [2.05, 4.69) is 9.72 Å². The van der Waals surface area contributed by atoms with Gasteiger partial charge in [-0.1, -0.05) is 0 Å². The Kier molecular flexibility index (Phi) is 3.60. The van der Waals surface area contributed by atoms with Crippen LogP contribution in [-0.4, -0.2) is 17.1 Å². The Balaban J connectivity index is 2.36. The van der Waals surface area contributed by atoms with Crippen LogP contribution in [-0.2, 0) is 0 Å². The van der Waals surface area contributed by atoms with Gasteiger partial charge in [0.1, 0.15) is 5.75 Å². The third kappa shape index (κ3) is 3.25. The van der Waals surface area contributed by atoms with Crippen molar-refractivity contribution in [3.05, 3.63) is 53.9 Å². The first kappa shape index (κ1) is 13.9. The highest BCUT2D eigenvalue weighted by Crippen LogP contribution is 2.27. The Morgan fingerprint density at radius 1 is 1.15 bits per heavy atom. The van der Waals surface area contributed by atoms with Crippen molar-refractivity contribution in [1.29, 1.82) is 0 Å². The first-order valence-electron chi connectivity index (χ1n) is 5.47. The molecule has 0 aliphatic rings. The zero-order valence-corrected chi connectivity index (χ0v) is 10.0. The van der Waals surface area contributed by atoms with Crippen molar-refractivity contribution in [1.82, 2.24) is 4.98 Å². The number of benzene rings is 1. The summed E-state index contributed by atoms with van der Waals surface area (Å²) in [5.41, 5.74) is 5.91. The van der Waals surface area contributed by atoms with E-state index in [1.807, 2.05) is 0 Å². The third-order valence-electron chi connectivity index (χ3n) is 2.45. The molecule has 1 aromatic carbocycles. The highest BCUT2D eigenvalue weighted by atomic mass is 19.4. The SMILES string of the molecule is Nc1ccc(OC(F)(F)F)cc1C(=O)c1ccncc1. The molecule has 0 fully saturated rings. The van der Waals surface area contributed by atoms with Crippen molar-refractivity contribution in [3.8, 4) is 5.75 Å². The fourth-order valence-corrected chi connectivity index (χ4v) is 1.59. The maximum absolute atomic E-state index is 12.2. The summed E-state index contributed by atoms with van der Waals surface area (Å²) in [5.74, 6) is -0.998. The number of hydrogen-bond acceptors (Lipinski definition) is 4. The number of pyridine rings is 1. The van der Waals surface area contributed by atoms with Gasteiger partial charge >= 0.3 is 6.36 Å². The summed E-state index contributed by atoms with van der Waals surface area (Å²) in [5, 5.41) is 0. The number of carbonyl (C=O) groups excluding carboxylic acids is 1. The van der Waals surface area contributed by atoms with Gasteiger partial charge in [-0.2, -0.15) is 0 Å². The molecule has 0 saturated heterocycles. The van der Waals surface area contributed by atoms with E-state index in [-0.39, 0.29) is 16.8 Å². The van der Waals surface area contributed by atoms with E-state index in [0.717, 1.165) is 12.1 Å². The first-order chi connectivity index (χ1) is 9.37. The van der Waals surface area contributed by atoms with E-state index in [1.165, 1.54) is 30.6 Å². The highest BCUT2D eigenvalue weighted by molar-refractivity contribution is 6.12. The maximum Gasteiger partial charge on any atom is 0.573 e. The Morgan fingerprint density at radius 3 is 2.40 bits per heavy atom. The lowest BCUT2D eigenvalue weighted by Gasteiger charge is -2.11. The zero-order chi connectivity index (χ0) is 14.8. The van der Waals surface area contributed by atoms with E-state index < -0.39 is 17.9 Å². The average Bonchev–Trinajstić information content (AvgIpc) is 2.40. The number of aromatic nitrogens is 1. The molecule has 0 unspecified atom stereocenters. The van der Waals surface area contributed by atoms with Crippen molar-refractivity contribution in [2.24, 2.45) is 0 Å². The van der Waals surface area contributed by atoms with E-state index in [4.69, 9.17) is 5.73 Å². The number of nitrogens with two attached hydrogens (primary N) is 1. The molecule has 0 aliphatic carbocycles. The molecule has 7 heteroatoms. The number of rotatable bonds is 3. The number of anilines is 1. The fraction of sp³-hybridized carbons (Fsp3) is 0.0769. The Morgan fingerprint density at radius 2 is 1.80 bits per heavy atom. The molecule has 0 spiro atoms. The second kappa shape index (κ2) is 5.20. The summed E-state index contributed by atoms with van der Waals surface area (Å²) in [4.78, 5) is 15.9. The predicted molar refractivity (Wildman–Crippen MR) is 65.2 cm³/mol. The summed E-state index contributed by atoms with van der Waals surface area (Å²) in [6.45, 7) is 0. The van der Waals surface area contributed by atoms with Gasteiger partial charge in [0.15, 0.2) is 5.78 Å². The van der Waals surface area contributed by atoms with Crippen LogP contribution >= 0.6 is 0 Å². The van der Waals surface area contributed by atoms with Crippen LogP contribution in [0.1, 0.15) is 15.9 Å². The van der Waals surface area contributed by atoms with Crippen LogP contribution in [0.5, 0.6) is 5.75 Å². The van der Waals surface area contributed by atoms with Crippen molar-refractivity contribution >= 4 is 11.5 Å². The van der Waals surface area contributed by atoms with Crippen molar-refractivity contribution in [2.45, 2.75) is 6.36 Å². The molecule has 1 heterocycles. The van der Waals surface area contributed by atoms with Crippen LogP contribution in [0.2, 0.25) is 0 Å². The summed E-state index contributed by atoms with van der Waals surface area (Å²) in [6, 6.07) is 6.09. The second-order valence-corrected chi connectivity index (χ2v) is 3.86. The van der Waals surface area contributed by atoms with Gasteiger partial charge in [-0.25, -0.2) is 0 Å². The van der Waals surface area contributed by atoms with Crippen LogP contribution in [0.4, 0.5) is 18.9 Å². The Labute approximate surface area is 112 Å². The van der Waals surface area contributed by atoms with E-state index >= 15 is 0 Å². The molecule has 0 radical (unpaired) electrons. The summed E-state index contributed by atoms with van der Waals surface area (Å²) in [7, 11) is 0. The summed E-state index contributed by atoms with van der Waals surface area (Å²) in [6.07, 6.45) is -2.02. The highest BCUT2D eigenvalue weighted by Gasteiger charge is 2.31. The third-order valence-corrected chi connectivity index (χ3v) is 2.45. The normalized spacial score (nSPS) is 11.2. The molecule has 0 bridgehead atoms. The molecule has 1 aromatic heterocycles. The van der Waals surface area contributed by atoms with Gasteiger partial charge in [0.05, 0.1) is 0 Å². The lowest BCUT2D eigenvalue weighted by Crippen LogP contribution is -2.17. The molecule has 20 heavy (non-hydrogen) atoms. The first-order valence-corrected chi connectivity index (χ1v) is 5.47. The van der Waals surface area contributed by atoms with Crippen LogP contribution in [0.25, 0.3) is 0 Å². The van der Waals surface area contributed by atoms with Gasteiger partial charge in [0.2, 0.25) is 0 Å². The molecule has 2 aromatic rings. The standard InChI is InChI=1S/C13H9F3N2O2/c14-13(15,16)20-9-1-2-11(17)10(7-9)12(19)8-3-5-18-6-4-8/h1-7H,17H2. The van der Waals surface area contributed by atoms with Crippen LogP contribution in [0.15, 0.2) is 42.7 Å². The van der Waals surface area contributed by atoms with Crippen molar-refractivity contribution in [2.75, 3.05) is 5.73 Å². The maximum atomic E-state index is 12.2. The molecular formula is C13H9F3N2O2. The quantitative estimate of drug-likeness (QED) is 0.694. The van der Waals surface area contributed by atoms with Gasteiger partial charge in [0.25, 0.3) is 0 Å². The summed E-state index contributed by atoms with van der Waals surface area (Å²) < 4.78 is 40.2. The zero-order valence-electron chi connectivity index (χ0n) is 10.0. The Hall–Kier alpha value is -2.57. The molecule has 0 amide bonds. The second-order valence-electron chi connectivity index (χ2n) is 3.86. The number of nitrogen functional groups attached to an aromatic ring is 1. The van der Waals surface area contributed by atoms with E-state index in [9.17, 15) is 18.0 Å². The number of alkyl halides is 3. The lowest BCUT2D eigenvalue weighted by molar-refractivity contribution is -0.274. The van der Waals surface area contributed by atoms with Gasteiger partial charge in [-0.05, 0) is 30.3 Å². The molecule has 0 atom stereocenters. The minimum Gasteiger partial charge on any atom is -0.406 e. The molecule has 104 valence electrons. The van der Waals surface area contributed by atoms with Crippen LogP contribution in [0, 0.1) is 0 Å². The summed E-state index contributed by atoms with van der Waals surface area (Å²) >= 11 is 0. The fourth-order valence-electron chi connectivity index (χ4n) is 1.59. The number of hydrogen-bond donors (Lipinski definition) is 1. The van der Waals surface area contributed by atoms with Crippen LogP contribution in [0.3, 0.4) is 0 Å². The molecular weight excluding hydrogens is 273 g/mol. The van der Waals surface area contributed by atoms with Gasteiger partial charge in [-0.15, -0.1) is 13.2 Å². The minimum atomic E-state index is -4.83. The molecule has 0 aliphatic heterocycles. The van der Waals surface area contributed by atoms with Gasteiger partial charge in [-0.3, -0.25) is 9.78 Å². The van der Waals surface area contributed by atoms with E-state index in [0.29, 0.717) is 0 Å². The minimum absolute atomic E-state index is 0.0575. The average molecular weight is 282 g/mol. The topological polar surface area (TPSA) is 65.2 Å². The van der Waals surface area contributed by atoms with Gasteiger partial charge < -0.3 is 10.5 Å². The largest absolute Gasteiger partial charge is 0.573 e. The monoisotopic (exact) mass is 282 g/mol. The molecule has 2 N–H and O–H groups in total. The van der Waals surface area contributed by atoms with Crippen molar-refractivity contribution in [3.63, 3.8) is 0 Å². The number of halogens is 3. The van der Waals surface area contributed by atoms with Crippen molar-refractivity contribution < 1.29 is 22.7 Å². The lowest BCUT2D eigenvalue weighted by atomic mass is 10.0. The van der Waals surface area contributed by atoms with Crippen LogP contribution < -0.4 is 10.5 Å². The predicted octanol–water partition coefficient (Wildman–Crippen LogP) is 2.79. The number of nitrogens with zero attached hydrogens (tertiary/aromatic N) is 1. The number of ketones is 1. The smallest absolute Gasteiger partial charge is 0.406 e.